The van der Waals surface area contributed by atoms with E-state index < -0.39 is 12.1 Å². The first-order valence-corrected chi connectivity index (χ1v) is 10.9. The Hall–Kier alpha value is -2.55. The van der Waals surface area contributed by atoms with Gasteiger partial charge in [-0.25, -0.2) is 9.97 Å². The first-order valence-electron chi connectivity index (χ1n) is 10.1. The number of piperidine rings is 1. The maximum absolute atomic E-state index is 13.0. The smallest absolute Gasteiger partial charge is 0.245 e. The zero-order valence-corrected chi connectivity index (χ0v) is 18.5. The lowest BCUT2D eigenvalue weighted by atomic mass is 10.0. The Bertz CT molecular complexity index is 1050. The van der Waals surface area contributed by atoms with Crippen molar-refractivity contribution in [2.75, 3.05) is 23.3 Å². The van der Waals surface area contributed by atoms with Gasteiger partial charge in [-0.3, -0.25) is 4.79 Å². The number of anilines is 2. The van der Waals surface area contributed by atoms with E-state index in [2.05, 4.69) is 30.5 Å². The molecule has 0 spiro atoms. The van der Waals surface area contributed by atoms with Crippen LogP contribution in [0.3, 0.4) is 0 Å². The minimum atomic E-state index is -0.918. The molecule has 0 bridgehead atoms. The number of benzene rings is 1. The fourth-order valence-corrected chi connectivity index (χ4v) is 4.44. The molecule has 0 unspecified atom stereocenters. The van der Waals surface area contributed by atoms with Crippen molar-refractivity contribution in [2.45, 2.75) is 38.0 Å². The summed E-state index contributed by atoms with van der Waals surface area (Å²) in [6, 6.07) is 5.97. The van der Waals surface area contributed by atoms with Crippen LogP contribution in [0.1, 0.15) is 19.8 Å². The monoisotopic (exact) mass is 462 g/mol. The Labute approximate surface area is 190 Å². The van der Waals surface area contributed by atoms with Crippen molar-refractivity contribution in [3.63, 3.8) is 0 Å². The van der Waals surface area contributed by atoms with Crippen LogP contribution in [0.2, 0.25) is 10.0 Å². The molecule has 4 rings (SSSR count). The Balaban J connectivity index is 1.45. The van der Waals surface area contributed by atoms with Gasteiger partial charge in [0.15, 0.2) is 0 Å². The van der Waals surface area contributed by atoms with Gasteiger partial charge in [-0.2, -0.15) is 0 Å². The number of H-pyrrole nitrogens is 1. The van der Waals surface area contributed by atoms with Gasteiger partial charge < -0.3 is 25.6 Å². The first-order chi connectivity index (χ1) is 14.9. The molecule has 0 saturated carbocycles. The van der Waals surface area contributed by atoms with Crippen LogP contribution in [0.4, 0.5) is 11.5 Å². The largest absolute Gasteiger partial charge is 0.391 e. The molecule has 8 nitrogen and oxygen atoms in total. The third kappa shape index (κ3) is 5.03. The predicted octanol–water partition coefficient (Wildman–Crippen LogP) is 3.21. The normalized spacial score (nSPS) is 18.6. The molecule has 1 amide bonds. The highest BCUT2D eigenvalue weighted by atomic mass is 35.5. The minimum Gasteiger partial charge on any atom is -0.391 e. The van der Waals surface area contributed by atoms with Crippen molar-refractivity contribution in [1.82, 2.24) is 20.3 Å². The highest BCUT2D eigenvalue weighted by Gasteiger charge is 2.29. The van der Waals surface area contributed by atoms with E-state index in [9.17, 15) is 9.90 Å². The molecular formula is C21H24Cl2N6O2. The highest BCUT2D eigenvalue weighted by molar-refractivity contribution is 6.35. The van der Waals surface area contributed by atoms with Gasteiger partial charge in [0.1, 0.15) is 23.8 Å². The van der Waals surface area contributed by atoms with Gasteiger partial charge in [0.2, 0.25) is 5.91 Å². The highest BCUT2D eigenvalue weighted by Crippen LogP contribution is 2.26. The number of nitrogens with zero attached hydrogens (tertiary/aromatic N) is 3. The standard InChI is InChI=1S/C21H24Cl2N6O2/c1-12(30)18(27-16-8-13(22)7-14(23)9-16)21(31)28-15-3-2-6-29(10-15)20-17-4-5-24-19(17)25-11-26-20/h4-5,7-9,11-12,15,18,27,30H,2-3,6,10H2,1H3,(H,28,31)(H,24,25,26)/t12-,15+,18+/m0/s1. The summed E-state index contributed by atoms with van der Waals surface area (Å²) in [6.07, 6.45) is 4.22. The number of carbonyl (C=O) groups excluding carboxylic acids is 1. The van der Waals surface area contributed by atoms with E-state index in [-0.39, 0.29) is 11.9 Å². The number of rotatable bonds is 6. The molecule has 0 radical (unpaired) electrons. The minimum absolute atomic E-state index is 0.0730. The number of fused-ring (bicyclic) bond motifs is 1. The van der Waals surface area contributed by atoms with E-state index in [0.29, 0.717) is 22.3 Å². The van der Waals surface area contributed by atoms with Gasteiger partial charge >= 0.3 is 0 Å². The van der Waals surface area contributed by atoms with Crippen LogP contribution >= 0.6 is 23.2 Å². The van der Waals surface area contributed by atoms with Crippen molar-refractivity contribution >= 4 is 51.6 Å². The average Bonchev–Trinajstić information content (AvgIpc) is 3.20. The molecule has 1 aliphatic rings. The molecule has 0 aliphatic carbocycles. The summed E-state index contributed by atoms with van der Waals surface area (Å²) < 4.78 is 0. The number of aromatic nitrogens is 3. The number of hydrogen-bond donors (Lipinski definition) is 4. The average molecular weight is 463 g/mol. The molecule has 31 heavy (non-hydrogen) atoms. The number of halogens is 2. The summed E-state index contributed by atoms with van der Waals surface area (Å²) >= 11 is 12.1. The second-order valence-corrected chi connectivity index (χ2v) is 8.62. The van der Waals surface area contributed by atoms with Gasteiger partial charge in [0.05, 0.1) is 11.5 Å². The third-order valence-electron chi connectivity index (χ3n) is 5.35. The second kappa shape index (κ2) is 9.30. The van der Waals surface area contributed by atoms with E-state index >= 15 is 0 Å². The Kier molecular flexibility index (Phi) is 6.50. The fourth-order valence-electron chi connectivity index (χ4n) is 3.91. The number of aliphatic hydroxyl groups excluding tert-OH is 1. The molecule has 3 atom stereocenters. The Morgan fingerprint density at radius 1 is 1.29 bits per heavy atom. The number of aliphatic hydroxyl groups is 1. The molecule has 1 aromatic carbocycles. The molecule has 10 heteroatoms. The SMILES string of the molecule is C[C@H](O)[C@@H](Nc1cc(Cl)cc(Cl)c1)C(=O)N[C@@H]1CCCN(c2ncnc3[nH]ccc23)C1. The van der Waals surface area contributed by atoms with Crippen molar-refractivity contribution in [1.29, 1.82) is 0 Å². The van der Waals surface area contributed by atoms with Crippen molar-refractivity contribution in [3.05, 3.63) is 46.8 Å². The lowest BCUT2D eigenvalue weighted by Crippen LogP contribution is -2.54. The molecule has 1 fully saturated rings. The number of carbonyl (C=O) groups is 1. The van der Waals surface area contributed by atoms with Crippen molar-refractivity contribution < 1.29 is 9.90 Å². The quantitative estimate of drug-likeness (QED) is 0.448. The Morgan fingerprint density at radius 3 is 2.81 bits per heavy atom. The van der Waals surface area contributed by atoms with Gasteiger partial charge in [0.25, 0.3) is 0 Å². The van der Waals surface area contributed by atoms with Crippen LogP contribution in [-0.2, 0) is 4.79 Å². The molecular weight excluding hydrogens is 439 g/mol. The van der Waals surface area contributed by atoms with Gasteiger partial charge in [-0.05, 0) is 44.0 Å². The zero-order chi connectivity index (χ0) is 22.0. The zero-order valence-electron chi connectivity index (χ0n) is 17.0. The molecule has 1 saturated heterocycles. The van der Waals surface area contributed by atoms with Crippen molar-refractivity contribution in [3.8, 4) is 0 Å². The van der Waals surface area contributed by atoms with Crippen LogP contribution in [0.15, 0.2) is 36.8 Å². The molecule has 2 aromatic heterocycles. The van der Waals surface area contributed by atoms with Crippen molar-refractivity contribution in [2.24, 2.45) is 0 Å². The van der Waals surface area contributed by atoms with Crippen LogP contribution in [-0.4, -0.2) is 57.2 Å². The molecule has 1 aliphatic heterocycles. The molecule has 3 heterocycles. The lowest BCUT2D eigenvalue weighted by molar-refractivity contribution is -0.124. The summed E-state index contributed by atoms with van der Waals surface area (Å²) in [5.74, 6) is 0.566. The lowest BCUT2D eigenvalue weighted by Gasteiger charge is -2.35. The second-order valence-electron chi connectivity index (χ2n) is 7.75. The number of hydrogen-bond acceptors (Lipinski definition) is 6. The van der Waals surface area contributed by atoms with E-state index in [4.69, 9.17) is 23.2 Å². The molecule has 164 valence electrons. The topological polar surface area (TPSA) is 106 Å². The van der Waals surface area contributed by atoms with Crippen LogP contribution in [0.5, 0.6) is 0 Å². The molecule has 3 aromatic rings. The van der Waals surface area contributed by atoms with Crippen LogP contribution < -0.4 is 15.5 Å². The summed E-state index contributed by atoms with van der Waals surface area (Å²) in [5.41, 5.74) is 1.36. The Morgan fingerprint density at radius 2 is 2.06 bits per heavy atom. The van der Waals surface area contributed by atoms with E-state index in [1.54, 1.807) is 31.5 Å². The van der Waals surface area contributed by atoms with Gasteiger partial charge in [-0.15, -0.1) is 0 Å². The van der Waals surface area contributed by atoms with Gasteiger partial charge in [0, 0.05) is 41.1 Å². The van der Waals surface area contributed by atoms with E-state index in [1.807, 2.05) is 12.3 Å². The summed E-state index contributed by atoms with van der Waals surface area (Å²) in [4.78, 5) is 26.9. The number of nitrogens with one attached hydrogen (secondary N) is 3. The number of aromatic amines is 1. The summed E-state index contributed by atoms with van der Waals surface area (Å²) in [6.45, 7) is 3.04. The summed E-state index contributed by atoms with van der Waals surface area (Å²) in [5, 5.41) is 18.2. The predicted molar refractivity (Wildman–Crippen MR) is 123 cm³/mol. The summed E-state index contributed by atoms with van der Waals surface area (Å²) in [7, 11) is 0. The number of amides is 1. The van der Waals surface area contributed by atoms with E-state index in [0.717, 1.165) is 36.2 Å². The maximum atomic E-state index is 13.0. The van der Waals surface area contributed by atoms with Crippen LogP contribution in [0.25, 0.3) is 11.0 Å². The first kappa shape index (κ1) is 21.7. The van der Waals surface area contributed by atoms with Crippen LogP contribution in [0, 0.1) is 0 Å². The third-order valence-corrected chi connectivity index (χ3v) is 5.79. The van der Waals surface area contributed by atoms with Gasteiger partial charge in [-0.1, -0.05) is 23.2 Å². The molecule has 4 N–H and O–H groups in total. The van der Waals surface area contributed by atoms with E-state index in [1.165, 1.54) is 0 Å². The fraction of sp³-hybridized carbons (Fsp3) is 0.381. The maximum Gasteiger partial charge on any atom is 0.245 e.